The summed E-state index contributed by atoms with van der Waals surface area (Å²) in [6.07, 6.45) is 3.71. The molecule has 4 N–H and O–H groups in total. The van der Waals surface area contributed by atoms with E-state index < -0.39 is 0 Å². The third kappa shape index (κ3) is 5.56. The fraction of sp³-hybridized carbons (Fsp3) is 0.769. The molecule has 1 heterocycles. The first-order chi connectivity index (χ1) is 9.45. The molecule has 7 heteroatoms. The highest BCUT2D eigenvalue weighted by atomic mass is 16.5. The van der Waals surface area contributed by atoms with Crippen LogP contribution >= 0.6 is 0 Å². The van der Waals surface area contributed by atoms with Gasteiger partial charge in [0, 0.05) is 18.4 Å². The van der Waals surface area contributed by atoms with E-state index in [-0.39, 0.29) is 11.3 Å². The number of oxime groups is 1. The molecule has 0 aliphatic heterocycles. The Morgan fingerprint density at radius 2 is 2.15 bits per heavy atom. The quantitative estimate of drug-likeness (QED) is 0.208. The van der Waals surface area contributed by atoms with E-state index in [0.717, 1.165) is 38.8 Å². The zero-order valence-electron chi connectivity index (χ0n) is 12.5. The van der Waals surface area contributed by atoms with Crippen molar-refractivity contribution in [2.75, 3.05) is 13.1 Å². The van der Waals surface area contributed by atoms with Crippen LogP contribution in [0.3, 0.4) is 0 Å². The van der Waals surface area contributed by atoms with Crippen LogP contribution in [0.1, 0.15) is 44.8 Å². The van der Waals surface area contributed by atoms with Crippen molar-refractivity contribution >= 4 is 5.84 Å². The lowest BCUT2D eigenvalue weighted by Crippen LogP contribution is -2.32. The van der Waals surface area contributed by atoms with Crippen molar-refractivity contribution in [3.05, 3.63) is 11.7 Å². The Morgan fingerprint density at radius 3 is 2.75 bits per heavy atom. The summed E-state index contributed by atoms with van der Waals surface area (Å²) in [5.41, 5.74) is 5.39. The monoisotopic (exact) mass is 283 g/mol. The molecule has 0 aromatic carbocycles. The standard InChI is InChI=1S/C13H25N5O2/c1-10-16-11(20-18-10)6-9-15-8-5-4-7-13(2,3)12(14)17-19/h15,19H,4-9H2,1-3H3,(H2,14,17). The molecule has 0 saturated heterocycles. The average Bonchev–Trinajstić information content (AvgIpc) is 2.82. The summed E-state index contributed by atoms with van der Waals surface area (Å²) in [6.45, 7) is 7.52. The summed E-state index contributed by atoms with van der Waals surface area (Å²) < 4.78 is 5.02. The second-order valence-corrected chi connectivity index (χ2v) is 5.56. The Kier molecular flexibility index (Phi) is 6.44. The van der Waals surface area contributed by atoms with E-state index in [0.29, 0.717) is 11.7 Å². The van der Waals surface area contributed by atoms with E-state index in [4.69, 9.17) is 15.5 Å². The third-order valence-electron chi connectivity index (χ3n) is 3.29. The molecule has 1 aromatic rings. The first-order valence-electron chi connectivity index (χ1n) is 6.93. The molecule has 1 rings (SSSR count). The van der Waals surface area contributed by atoms with Crippen LogP contribution in [-0.2, 0) is 6.42 Å². The van der Waals surface area contributed by atoms with Crippen molar-refractivity contribution in [3.8, 4) is 0 Å². The van der Waals surface area contributed by atoms with Gasteiger partial charge in [-0.1, -0.05) is 30.6 Å². The van der Waals surface area contributed by atoms with Gasteiger partial charge in [0.15, 0.2) is 5.82 Å². The second kappa shape index (κ2) is 7.84. The summed E-state index contributed by atoms with van der Waals surface area (Å²) in [5, 5.41) is 18.8. The Morgan fingerprint density at radius 1 is 1.40 bits per heavy atom. The van der Waals surface area contributed by atoms with E-state index in [1.807, 2.05) is 20.8 Å². The Bertz CT molecular complexity index is 428. The molecule has 0 bridgehead atoms. The lowest BCUT2D eigenvalue weighted by atomic mass is 9.86. The molecule has 0 atom stereocenters. The maximum atomic E-state index is 8.68. The molecule has 0 spiro atoms. The van der Waals surface area contributed by atoms with Crippen LogP contribution in [0.4, 0.5) is 0 Å². The van der Waals surface area contributed by atoms with Crippen molar-refractivity contribution in [3.63, 3.8) is 0 Å². The summed E-state index contributed by atoms with van der Waals surface area (Å²) >= 11 is 0. The van der Waals surface area contributed by atoms with E-state index >= 15 is 0 Å². The van der Waals surface area contributed by atoms with Crippen molar-refractivity contribution in [1.29, 1.82) is 0 Å². The van der Waals surface area contributed by atoms with Crippen LogP contribution in [0.2, 0.25) is 0 Å². The molecule has 1 aromatic heterocycles. The number of rotatable bonds is 9. The third-order valence-corrected chi connectivity index (χ3v) is 3.29. The van der Waals surface area contributed by atoms with Gasteiger partial charge in [-0.2, -0.15) is 4.98 Å². The minimum absolute atomic E-state index is 0.254. The minimum Gasteiger partial charge on any atom is -0.409 e. The largest absolute Gasteiger partial charge is 0.409 e. The fourth-order valence-corrected chi connectivity index (χ4v) is 1.84. The molecule has 0 unspecified atom stereocenters. The number of nitrogens with zero attached hydrogens (tertiary/aromatic N) is 3. The van der Waals surface area contributed by atoms with Crippen LogP contribution in [0.5, 0.6) is 0 Å². The highest BCUT2D eigenvalue weighted by molar-refractivity contribution is 5.85. The van der Waals surface area contributed by atoms with E-state index in [9.17, 15) is 0 Å². The topological polar surface area (TPSA) is 110 Å². The smallest absolute Gasteiger partial charge is 0.227 e. The van der Waals surface area contributed by atoms with E-state index in [2.05, 4.69) is 20.6 Å². The fourth-order valence-electron chi connectivity index (χ4n) is 1.84. The zero-order chi connectivity index (χ0) is 15.0. The highest BCUT2D eigenvalue weighted by Gasteiger charge is 2.22. The number of hydrogen-bond donors (Lipinski definition) is 3. The number of nitrogens with two attached hydrogens (primary N) is 1. The van der Waals surface area contributed by atoms with Gasteiger partial charge in [0.25, 0.3) is 0 Å². The second-order valence-electron chi connectivity index (χ2n) is 5.56. The number of aromatic nitrogens is 2. The lowest BCUT2D eigenvalue weighted by molar-refractivity contribution is 0.304. The summed E-state index contributed by atoms with van der Waals surface area (Å²) in [7, 11) is 0. The summed E-state index contributed by atoms with van der Waals surface area (Å²) in [6, 6.07) is 0. The average molecular weight is 283 g/mol. The molecule has 0 amide bonds. The Balaban J connectivity index is 2.05. The van der Waals surface area contributed by atoms with Gasteiger partial charge in [0.1, 0.15) is 5.84 Å². The first kappa shape index (κ1) is 16.4. The molecule has 20 heavy (non-hydrogen) atoms. The highest BCUT2D eigenvalue weighted by Crippen LogP contribution is 2.22. The normalized spacial score (nSPS) is 12.8. The van der Waals surface area contributed by atoms with Crippen LogP contribution in [0.15, 0.2) is 9.68 Å². The summed E-state index contributed by atoms with van der Waals surface area (Å²) in [5.74, 6) is 1.63. The molecular formula is C13H25N5O2. The van der Waals surface area contributed by atoms with E-state index in [1.54, 1.807) is 0 Å². The van der Waals surface area contributed by atoms with Crippen molar-refractivity contribution in [2.45, 2.75) is 46.5 Å². The number of amidine groups is 1. The number of hydrogen-bond acceptors (Lipinski definition) is 6. The van der Waals surface area contributed by atoms with Gasteiger partial charge in [0.05, 0.1) is 0 Å². The van der Waals surface area contributed by atoms with Crippen LogP contribution in [0, 0.1) is 12.3 Å². The number of unbranched alkanes of at least 4 members (excludes halogenated alkanes) is 1. The SMILES string of the molecule is Cc1noc(CCNCCCCC(C)(C)C(N)=NO)n1. The van der Waals surface area contributed by atoms with Gasteiger partial charge < -0.3 is 20.8 Å². The molecule has 0 fully saturated rings. The van der Waals surface area contributed by atoms with Crippen molar-refractivity contribution in [2.24, 2.45) is 16.3 Å². The molecule has 0 aliphatic rings. The summed E-state index contributed by atoms with van der Waals surface area (Å²) in [4.78, 5) is 4.14. The van der Waals surface area contributed by atoms with E-state index in [1.165, 1.54) is 0 Å². The molecular weight excluding hydrogens is 258 g/mol. The van der Waals surface area contributed by atoms with Crippen molar-refractivity contribution in [1.82, 2.24) is 15.5 Å². The van der Waals surface area contributed by atoms with Gasteiger partial charge in [-0.25, -0.2) is 0 Å². The van der Waals surface area contributed by atoms with Crippen LogP contribution < -0.4 is 11.1 Å². The number of aryl methyl sites for hydroxylation is 1. The van der Waals surface area contributed by atoms with Crippen LogP contribution in [0.25, 0.3) is 0 Å². The van der Waals surface area contributed by atoms with Gasteiger partial charge in [0.2, 0.25) is 5.89 Å². The van der Waals surface area contributed by atoms with Gasteiger partial charge in [-0.3, -0.25) is 0 Å². The minimum atomic E-state index is -0.254. The maximum Gasteiger partial charge on any atom is 0.227 e. The van der Waals surface area contributed by atoms with Crippen molar-refractivity contribution < 1.29 is 9.73 Å². The van der Waals surface area contributed by atoms with Gasteiger partial charge >= 0.3 is 0 Å². The maximum absolute atomic E-state index is 8.68. The molecule has 0 saturated carbocycles. The van der Waals surface area contributed by atoms with Crippen LogP contribution in [-0.4, -0.2) is 34.3 Å². The molecule has 114 valence electrons. The molecule has 0 radical (unpaired) electrons. The Hall–Kier alpha value is -1.63. The zero-order valence-corrected chi connectivity index (χ0v) is 12.5. The predicted molar refractivity (Wildman–Crippen MR) is 76.6 cm³/mol. The molecule has 7 nitrogen and oxygen atoms in total. The van der Waals surface area contributed by atoms with Gasteiger partial charge in [-0.05, 0) is 26.3 Å². The van der Waals surface area contributed by atoms with Gasteiger partial charge in [-0.15, -0.1) is 0 Å². The first-order valence-corrected chi connectivity index (χ1v) is 6.93. The predicted octanol–water partition coefficient (Wildman–Crippen LogP) is 1.45. The Labute approximate surface area is 119 Å². The molecule has 0 aliphatic carbocycles. The lowest BCUT2D eigenvalue weighted by Gasteiger charge is -2.22. The number of nitrogens with one attached hydrogen (secondary N) is 1.